The molecule has 0 saturated carbocycles. The molecule has 10 rings (SSSR count). The van der Waals surface area contributed by atoms with Crippen molar-refractivity contribution in [1.82, 2.24) is 14.1 Å². The van der Waals surface area contributed by atoms with Gasteiger partial charge in [0.1, 0.15) is 0 Å². The fourth-order valence-electron chi connectivity index (χ4n) is 8.39. The highest BCUT2D eigenvalue weighted by Gasteiger charge is 2.23. The summed E-state index contributed by atoms with van der Waals surface area (Å²) < 4.78 is 4.73. The molecule has 4 heteroatoms. The minimum atomic E-state index is 0.602. The van der Waals surface area contributed by atoms with Gasteiger partial charge in [0.15, 0.2) is 0 Å². The second-order valence-electron chi connectivity index (χ2n) is 14.0. The van der Waals surface area contributed by atoms with Crippen molar-refractivity contribution in [3.8, 4) is 50.8 Å². The molecule has 254 valence electrons. The van der Waals surface area contributed by atoms with E-state index >= 15 is 0 Å². The Hall–Kier alpha value is -7.22. The molecule has 0 fully saturated rings. The number of para-hydroxylation sites is 2. The lowest BCUT2D eigenvalue weighted by atomic mass is 9.98. The van der Waals surface area contributed by atoms with Crippen LogP contribution in [0.15, 0.2) is 170 Å². The van der Waals surface area contributed by atoms with E-state index in [1.807, 2.05) is 12.1 Å². The summed E-state index contributed by atoms with van der Waals surface area (Å²) in [6.07, 6.45) is 3.58. The Balaban J connectivity index is 1.32. The van der Waals surface area contributed by atoms with Crippen molar-refractivity contribution in [2.24, 2.45) is 0 Å². The van der Waals surface area contributed by atoms with Gasteiger partial charge in [0, 0.05) is 39.5 Å². The number of hydrogen-bond acceptors (Lipinski definition) is 2. The molecule has 10 aromatic rings. The Morgan fingerprint density at radius 1 is 0.426 bits per heavy atom. The van der Waals surface area contributed by atoms with Crippen LogP contribution >= 0.6 is 0 Å². The summed E-state index contributed by atoms with van der Waals surface area (Å²) in [4.78, 5) is 4.29. The summed E-state index contributed by atoms with van der Waals surface area (Å²) in [6.45, 7) is 4.33. The summed E-state index contributed by atoms with van der Waals surface area (Å²) in [5.74, 6) is 0. The quantitative estimate of drug-likeness (QED) is 0.180. The van der Waals surface area contributed by atoms with E-state index in [-0.39, 0.29) is 0 Å². The van der Waals surface area contributed by atoms with Gasteiger partial charge in [-0.3, -0.25) is 4.98 Å². The third kappa shape index (κ3) is 4.87. The molecule has 0 aliphatic carbocycles. The fraction of sp³-hybridized carbons (Fsp3) is 0.0400. The number of rotatable bonds is 5. The molecule has 0 aliphatic heterocycles. The topological polar surface area (TPSA) is 46.5 Å². The van der Waals surface area contributed by atoms with Gasteiger partial charge in [-0.1, -0.05) is 97.1 Å². The molecule has 0 amide bonds. The van der Waals surface area contributed by atoms with Gasteiger partial charge >= 0.3 is 0 Å². The number of aromatic nitrogens is 3. The standard InChI is InChI=1S/C50H34N4/c1-32-11-3-5-13-38(32)35-19-21-47-43(27-35)40-15-7-9-17-45(40)53(47)49-29-37(31-51)42(34-23-25-52-26-24-34)30-50(49)54-46-18-10-8-16-41(46)44-28-36(20-22-48(44)54)39-14-6-4-12-33(39)2/h3-30H,1-2H3. The van der Waals surface area contributed by atoms with Gasteiger partial charge in [0.05, 0.1) is 45.1 Å². The zero-order valence-electron chi connectivity index (χ0n) is 30.0. The van der Waals surface area contributed by atoms with Crippen LogP contribution in [0.2, 0.25) is 0 Å². The number of benzene rings is 7. The third-order valence-electron chi connectivity index (χ3n) is 11.0. The molecule has 0 saturated heterocycles. The van der Waals surface area contributed by atoms with Crippen LogP contribution in [0.3, 0.4) is 0 Å². The van der Waals surface area contributed by atoms with Gasteiger partial charge in [-0.15, -0.1) is 0 Å². The second-order valence-corrected chi connectivity index (χ2v) is 14.0. The summed E-state index contributed by atoms with van der Waals surface area (Å²) in [6, 6.07) is 58.8. The third-order valence-corrected chi connectivity index (χ3v) is 11.0. The largest absolute Gasteiger partial charge is 0.307 e. The lowest BCUT2D eigenvalue weighted by Crippen LogP contribution is -2.05. The molecule has 0 unspecified atom stereocenters. The SMILES string of the molecule is Cc1ccccc1-c1ccc2c(c1)c1ccccc1n2-c1cc(C#N)c(-c2ccncc2)cc1-n1c2ccccc2c2cc(-c3ccccc3C)ccc21. The Labute approximate surface area is 313 Å². The van der Waals surface area contributed by atoms with Gasteiger partial charge in [0.25, 0.3) is 0 Å². The van der Waals surface area contributed by atoms with Crippen molar-refractivity contribution in [3.63, 3.8) is 0 Å². The molecule has 3 aromatic heterocycles. The molecular formula is C50H34N4. The smallest absolute Gasteiger partial charge is 0.0998 e. The highest BCUT2D eigenvalue weighted by molar-refractivity contribution is 6.13. The van der Waals surface area contributed by atoms with Gasteiger partial charge in [0.2, 0.25) is 0 Å². The van der Waals surface area contributed by atoms with Crippen molar-refractivity contribution in [1.29, 1.82) is 5.26 Å². The molecule has 3 heterocycles. The molecule has 7 aromatic carbocycles. The van der Waals surface area contributed by atoms with Crippen molar-refractivity contribution in [2.45, 2.75) is 13.8 Å². The zero-order chi connectivity index (χ0) is 36.3. The van der Waals surface area contributed by atoms with Crippen LogP contribution in [-0.4, -0.2) is 14.1 Å². The zero-order valence-corrected chi connectivity index (χ0v) is 30.0. The molecular weight excluding hydrogens is 657 g/mol. The van der Waals surface area contributed by atoms with Crippen LogP contribution in [0.25, 0.3) is 88.4 Å². The Bertz CT molecular complexity index is 3140. The highest BCUT2D eigenvalue weighted by Crippen LogP contribution is 2.42. The van der Waals surface area contributed by atoms with Crippen molar-refractivity contribution < 1.29 is 0 Å². The number of hydrogen-bond donors (Lipinski definition) is 0. The summed E-state index contributed by atoms with van der Waals surface area (Å²) >= 11 is 0. The Morgan fingerprint density at radius 2 is 0.889 bits per heavy atom. The maximum atomic E-state index is 10.8. The molecule has 4 nitrogen and oxygen atoms in total. The first-order valence-corrected chi connectivity index (χ1v) is 18.3. The van der Waals surface area contributed by atoms with Crippen LogP contribution in [-0.2, 0) is 0 Å². The first kappa shape index (κ1) is 31.5. The van der Waals surface area contributed by atoms with E-state index in [1.54, 1.807) is 12.4 Å². The number of nitrogens with zero attached hydrogens (tertiary/aromatic N) is 4. The van der Waals surface area contributed by atoms with Crippen LogP contribution in [0.4, 0.5) is 0 Å². The van der Waals surface area contributed by atoms with E-state index < -0.39 is 0 Å². The number of fused-ring (bicyclic) bond motifs is 6. The van der Waals surface area contributed by atoms with E-state index in [2.05, 4.69) is 180 Å². The molecule has 0 radical (unpaired) electrons. The molecule has 0 bridgehead atoms. The van der Waals surface area contributed by atoms with Gasteiger partial charge in [-0.25, -0.2) is 0 Å². The minimum absolute atomic E-state index is 0.602. The first-order valence-electron chi connectivity index (χ1n) is 18.3. The first-order chi connectivity index (χ1) is 26.6. The van der Waals surface area contributed by atoms with E-state index in [0.29, 0.717) is 5.56 Å². The summed E-state index contributed by atoms with van der Waals surface area (Å²) in [7, 11) is 0. The lowest BCUT2D eigenvalue weighted by Gasteiger charge is -2.19. The molecule has 0 aliphatic rings. The number of nitriles is 1. The fourth-order valence-corrected chi connectivity index (χ4v) is 8.39. The maximum Gasteiger partial charge on any atom is 0.0998 e. The average Bonchev–Trinajstić information content (AvgIpc) is 3.73. The minimum Gasteiger partial charge on any atom is -0.307 e. The predicted molar refractivity (Wildman–Crippen MR) is 223 cm³/mol. The van der Waals surface area contributed by atoms with E-state index in [0.717, 1.165) is 50.0 Å². The van der Waals surface area contributed by atoms with Crippen LogP contribution < -0.4 is 0 Å². The van der Waals surface area contributed by atoms with E-state index in [9.17, 15) is 5.26 Å². The van der Waals surface area contributed by atoms with E-state index in [4.69, 9.17) is 0 Å². The van der Waals surface area contributed by atoms with Crippen LogP contribution in [0, 0.1) is 25.2 Å². The van der Waals surface area contributed by atoms with Crippen LogP contribution in [0.1, 0.15) is 16.7 Å². The van der Waals surface area contributed by atoms with Gasteiger partial charge in [-0.2, -0.15) is 5.26 Å². The van der Waals surface area contributed by atoms with Gasteiger partial charge in [-0.05, 0) is 113 Å². The van der Waals surface area contributed by atoms with Crippen molar-refractivity contribution in [2.75, 3.05) is 0 Å². The molecule has 0 atom stereocenters. The van der Waals surface area contributed by atoms with Gasteiger partial charge < -0.3 is 9.13 Å². The highest BCUT2D eigenvalue weighted by atomic mass is 15.1. The molecule has 0 N–H and O–H groups in total. The maximum absolute atomic E-state index is 10.8. The lowest BCUT2D eigenvalue weighted by molar-refractivity contribution is 1.09. The van der Waals surface area contributed by atoms with Crippen molar-refractivity contribution in [3.05, 3.63) is 187 Å². The monoisotopic (exact) mass is 690 g/mol. The van der Waals surface area contributed by atoms with Crippen molar-refractivity contribution >= 4 is 43.6 Å². The Morgan fingerprint density at radius 3 is 1.41 bits per heavy atom. The summed E-state index contributed by atoms with van der Waals surface area (Å²) in [5.41, 5.74) is 16.0. The van der Waals surface area contributed by atoms with E-state index in [1.165, 1.54) is 49.5 Å². The summed E-state index contributed by atoms with van der Waals surface area (Å²) in [5, 5.41) is 15.4. The molecule has 0 spiro atoms. The number of pyridine rings is 1. The number of aryl methyl sites for hydroxylation is 2. The normalized spacial score (nSPS) is 11.5. The molecule has 54 heavy (non-hydrogen) atoms. The second kappa shape index (κ2) is 12.5. The predicted octanol–water partition coefficient (Wildman–Crippen LogP) is 12.8. The Kier molecular flexibility index (Phi) is 7.28. The average molecular weight is 691 g/mol. The van der Waals surface area contributed by atoms with Crippen LogP contribution in [0.5, 0.6) is 0 Å².